The molecule has 0 fully saturated rings. The van der Waals surface area contributed by atoms with E-state index in [1.54, 1.807) is 62.6 Å². The molecule has 0 aliphatic carbocycles. The molecule has 0 saturated carbocycles. The molecule has 0 aliphatic heterocycles. The molecule has 7 heteroatoms. The number of halogens is 1. The zero-order valence-corrected chi connectivity index (χ0v) is 17.2. The Bertz CT molecular complexity index is 1060. The molecule has 6 nitrogen and oxygen atoms in total. The maximum Gasteiger partial charge on any atom is 0.271 e. The molecule has 0 spiro atoms. The number of nitrogens with one attached hydrogen (secondary N) is 2. The molecule has 2 amide bonds. The van der Waals surface area contributed by atoms with Gasteiger partial charge in [-0.2, -0.15) is 5.10 Å². The maximum absolute atomic E-state index is 12.3. The van der Waals surface area contributed by atoms with Crippen LogP contribution in [0.4, 0.5) is 5.69 Å². The van der Waals surface area contributed by atoms with E-state index in [2.05, 4.69) is 15.8 Å². The van der Waals surface area contributed by atoms with Gasteiger partial charge in [0, 0.05) is 21.8 Å². The number of carbonyl (C=O) groups excluding carboxylic acids is 2. The molecule has 152 valence electrons. The molecule has 0 aliphatic rings. The summed E-state index contributed by atoms with van der Waals surface area (Å²) in [5, 5.41) is 7.47. The minimum Gasteiger partial charge on any atom is -0.497 e. The Kier molecular flexibility index (Phi) is 6.83. The summed E-state index contributed by atoms with van der Waals surface area (Å²) in [5.41, 5.74) is 5.56. The first kappa shape index (κ1) is 21.1. The number of rotatable bonds is 6. The van der Waals surface area contributed by atoms with Crippen molar-refractivity contribution in [1.29, 1.82) is 0 Å². The molecular formula is C23H20ClN3O3. The van der Waals surface area contributed by atoms with Gasteiger partial charge in [-0.05, 0) is 85.3 Å². The summed E-state index contributed by atoms with van der Waals surface area (Å²) in [6.07, 6.45) is 0. The van der Waals surface area contributed by atoms with Gasteiger partial charge in [0.15, 0.2) is 0 Å². The SMILES string of the molecule is COc1ccc(C(C)=NNC(=O)c2ccc(NC(=O)c3ccc(Cl)cc3)cc2)cc1. The highest BCUT2D eigenvalue weighted by atomic mass is 35.5. The Morgan fingerprint density at radius 1 is 0.800 bits per heavy atom. The number of hydrogen-bond donors (Lipinski definition) is 2. The molecule has 0 aromatic heterocycles. The highest BCUT2D eigenvalue weighted by Crippen LogP contribution is 2.14. The van der Waals surface area contributed by atoms with E-state index in [1.807, 2.05) is 24.3 Å². The minimum absolute atomic E-state index is 0.261. The van der Waals surface area contributed by atoms with Crippen molar-refractivity contribution >= 4 is 34.8 Å². The van der Waals surface area contributed by atoms with Crippen molar-refractivity contribution in [2.24, 2.45) is 5.10 Å². The highest BCUT2D eigenvalue weighted by Gasteiger charge is 2.08. The van der Waals surface area contributed by atoms with E-state index in [0.29, 0.717) is 27.5 Å². The van der Waals surface area contributed by atoms with E-state index >= 15 is 0 Å². The van der Waals surface area contributed by atoms with E-state index in [-0.39, 0.29) is 11.8 Å². The van der Waals surface area contributed by atoms with Crippen molar-refractivity contribution in [2.75, 3.05) is 12.4 Å². The fourth-order valence-corrected chi connectivity index (χ4v) is 2.73. The van der Waals surface area contributed by atoms with Crippen LogP contribution in [0.15, 0.2) is 77.9 Å². The lowest BCUT2D eigenvalue weighted by atomic mass is 10.1. The zero-order valence-electron chi connectivity index (χ0n) is 16.5. The molecule has 30 heavy (non-hydrogen) atoms. The second-order valence-corrected chi connectivity index (χ2v) is 6.84. The number of nitrogens with zero attached hydrogens (tertiary/aromatic N) is 1. The van der Waals surface area contributed by atoms with Crippen LogP contribution in [0.3, 0.4) is 0 Å². The van der Waals surface area contributed by atoms with Crippen molar-refractivity contribution in [2.45, 2.75) is 6.92 Å². The maximum atomic E-state index is 12.3. The normalized spacial score (nSPS) is 11.0. The third kappa shape index (κ3) is 5.46. The van der Waals surface area contributed by atoms with Gasteiger partial charge < -0.3 is 10.1 Å². The van der Waals surface area contributed by atoms with Crippen LogP contribution < -0.4 is 15.5 Å². The van der Waals surface area contributed by atoms with Crippen molar-refractivity contribution in [1.82, 2.24) is 5.43 Å². The van der Waals surface area contributed by atoms with Crippen LogP contribution in [0.5, 0.6) is 5.75 Å². The van der Waals surface area contributed by atoms with Gasteiger partial charge in [0.25, 0.3) is 11.8 Å². The smallest absolute Gasteiger partial charge is 0.271 e. The predicted molar refractivity (Wildman–Crippen MR) is 119 cm³/mol. The van der Waals surface area contributed by atoms with Crippen molar-refractivity contribution < 1.29 is 14.3 Å². The second kappa shape index (κ2) is 9.71. The van der Waals surface area contributed by atoms with Gasteiger partial charge in [-0.15, -0.1) is 0 Å². The number of hydrazone groups is 1. The largest absolute Gasteiger partial charge is 0.497 e. The third-order valence-corrected chi connectivity index (χ3v) is 4.60. The average Bonchev–Trinajstić information content (AvgIpc) is 2.78. The summed E-state index contributed by atoms with van der Waals surface area (Å²) in [7, 11) is 1.60. The summed E-state index contributed by atoms with van der Waals surface area (Å²) in [6, 6.07) is 20.5. The van der Waals surface area contributed by atoms with E-state index in [1.165, 1.54) is 0 Å². The van der Waals surface area contributed by atoms with E-state index in [0.717, 1.165) is 11.3 Å². The fourth-order valence-electron chi connectivity index (χ4n) is 2.61. The number of hydrogen-bond acceptors (Lipinski definition) is 4. The zero-order chi connectivity index (χ0) is 21.5. The summed E-state index contributed by atoms with van der Waals surface area (Å²) in [5.74, 6) is 0.140. The summed E-state index contributed by atoms with van der Waals surface area (Å²) in [6.45, 7) is 1.80. The van der Waals surface area contributed by atoms with Crippen LogP contribution in [-0.2, 0) is 0 Å². The highest BCUT2D eigenvalue weighted by molar-refractivity contribution is 6.30. The van der Waals surface area contributed by atoms with Crippen molar-refractivity contribution in [3.05, 3.63) is 94.5 Å². The molecular weight excluding hydrogens is 402 g/mol. The van der Waals surface area contributed by atoms with Crippen LogP contribution in [0.2, 0.25) is 5.02 Å². The van der Waals surface area contributed by atoms with E-state index in [4.69, 9.17) is 16.3 Å². The Morgan fingerprint density at radius 3 is 1.93 bits per heavy atom. The minimum atomic E-state index is -0.349. The van der Waals surface area contributed by atoms with E-state index in [9.17, 15) is 9.59 Å². The third-order valence-electron chi connectivity index (χ3n) is 4.34. The molecule has 0 saturated heterocycles. The van der Waals surface area contributed by atoms with Crippen LogP contribution >= 0.6 is 11.6 Å². The first-order chi connectivity index (χ1) is 14.5. The summed E-state index contributed by atoms with van der Waals surface area (Å²) < 4.78 is 5.13. The Hall–Kier alpha value is -3.64. The number of carbonyl (C=O) groups is 2. The lowest BCUT2D eigenvalue weighted by molar-refractivity contribution is 0.0954. The molecule has 3 aromatic carbocycles. The fraction of sp³-hybridized carbons (Fsp3) is 0.0870. The van der Waals surface area contributed by atoms with Crippen LogP contribution in [0, 0.1) is 0 Å². The van der Waals surface area contributed by atoms with Gasteiger partial charge >= 0.3 is 0 Å². The Balaban J connectivity index is 1.60. The molecule has 0 radical (unpaired) electrons. The molecule has 3 rings (SSSR count). The van der Waals surface area contributed by atoms with Crippen LogP contribution in [0.25, 0.3) is 0 Å². The van der Waals surface area contributed by atoms with Crippen molar-refractivity contribution in [3.8, 4) is 5.75 Å². The van der Waals surface area contributed by atoms with Gasteiger partial charge in [0.2, 0.25) is 0 Å². The summed E-state index contributed by atoms with van der Waals surface area (Å²) in [4.78, 5) is 24.6. The monoisotopic (exact) mass is 421 g/mol. The lowest BCUT2D eigenvalue weighted by Crippen LogP contribution is -2.19. The molecule has 0 unspecified atom stereocenters. The van der Waals surface area contributed by atoms with E-state index < -0.39 is 0 Å². The second-order valence-electron chi connectivity index (χ2n) is 6.41. The summed E-state index contributed by atoms with van der Waals surface area (Å²) >= 11 is 5.83. The quantitative estimate of drug-likeness (QED) is 0.445. The standard InChI is InChI=1S/C23H20ClN3O3/c1-15(16-7-13-21(30-2)14-8-16)26-27-23(29)18-5-11-20(12-6-18)25-22(28)17-3-9-19(24)10-4-17/h3-14H,1-2H3,(H,25,28)(H,27,29). The molecule has 0 heterocycles. The predicted octanol–water partition coefficient (Wildman–Crippen LogP) is 4.75. The average molecular weight is 422 g/mol. The van der Waals surface area contributed by atoms with Crippen LogP contribution in [0.1, 0.15) is 33.2 Å². The van der Waals surface area contributed by atoms with Gasteiger partial charge in [0.05, 0.1) is 12.8 Å². The molecule has 0 bridgehead atoms. The molecule has 3 aromatic rings. The topological polar surface area (TPSA) is 79.8 Å². The Morgan fingerprint density at radius 2 is 1.33 bits per heavy atom. The van der Waals surface area contributed by atoms with Crippen molar-refractivity contribution in [3.63, 3.8) is 0 Å². The first-order valence-electron chi connectivity index (χ1n) is 9.12. The molecule has 0 atom stereocenters. The van der Waals surface area contributed by atoms with Gasteiger partial charge in [-0.1, -0.05) is 11.6 Å². The lowest BCUT2D eigenvalue weighted by Gasteiger charge is -2.07. The number of ether oxygens (including phenoxy) is 1. The van der Waals surface area contributed by atoms with Gasteiger partial charge in [-0.3, -0.25) is 9.59 Å². The number of anilines is 1. The first-order valence-corrected chi connectivity index (χ1v) is 9.50. The van der Waals surface area contributed by atoms with Gasteiger partial charge in [-0.25, -0.2) is 5.43 Å². The number of amides is 2. The Labute approximate surface area is 179 Å². The number of benzene rings is 3. The van der Waals surface area contributed by atoms with Crippen LogP contribution in [-0.4, -0.2) is 24.6 Å². The van der Waals surface area contributed by atoms with Gasteiger partial charge in [0.1, 0.15) is 5.75 Å². The number of methoxy groups -OCH3 is 1. The molecule has 2 N–H and O–H groups in total.